The fourth-order valence-corrected chi connectivity index (χ4v) is 1.27. The van der Waals surface area contributed by atoms with Crippen LogP contribution in [0.4, 0.5) is 0 Å². The third-order valence-electron chi connectivity index (χ3n) is 1.36. The van der Waals surface area contributed by atoms with E-state index < -0.39 is 5.97 Å². The molecule has 0 saturated carbocycles. The SMILES string of the molecule is CCN[C@@H](CCSC)C(=O)O.Cl. The van der Waals surface area contributed by atoms with Gasteiger partial charge in [-0.15, -0.1) is 12.4 Å². The Morgan fingerprint density at radius 2 is 2.25 bits per heavy atom. The smallest absolute Gasteiger partial charge is 0.320 e. The van der Waals surface area contributed by atoms with Gasteiger partial charge in [-0.2, -0.15) is 11.8 Å². The fraction of sp³-hybridized carbons (Fsp3) is 0.857. The van der Waals surface area contributed by atoms with Gasteiger partial charge in [0.05, 0.1) is 0 Å². The first-order valence-electron chi connectivity index (χ1n) is 3.67. The summed E-state index contributed by atoms with van der Waals surface area (Å²) in [7, 11) is 0. The number of halogens is 1. The van der Waals surface area contributed by atoms with Gasteiger partial charge < -0.3 is 10.4 Å². The van der Waals surface area contributed by atoms with Crippen LogP contribution >= 0.6 is 24.2 Å². The second-order valence-electron chi connectivity index (χ2n) is 2.23. The van der Waals surface area contributed by atoms with Crippen molar-refractivity contribution in [3.05, 3.63) is 0 Å². The van der Waals surface area contributed by atoms with Crippen LogP contribution in [0, 0.1) is 0 Å². The highest BCUT2D eigenvalue weighted by molar-refractivity contribution is 7.98. The van der Waals surface area contributed by atoms with Gasteiger partial charge in [0.15, 0.2) is 0 Å². The van der Waals surface area contributed by atoms with Crippen molar-refractivity contribution in [1.82, 2.24) is 5.32 Å². The first-order chi connectivity index (χ1) is 5.22. The second-order valence-corrected chi connectivity index (χ2v) is 3.22. The van der Waals surface area contributed by atoms with Crippen molar-refractivity contribution < 1.29 is 9.90 Å². The largest absolute Gasteiger partial charge is 0.480 e. The zero-order chi connectivity index (χ0) is 8.69. The Bertz CT molecular complexity index is 124. The average molecular weight is 214 g/mol. The molecule has 5 heteroatoms. The predicted octanol–water partition coefficient (Wildman–Crippen LogP) is 1.22. The maximum absolute atomic E-state index is 10.5. The minimum Gasteiger partial charge on any atom is -0.480 e. The highest BCUT2D eigenvalue weighted by Gasteiger charge is 2.14. The zero-order valence-corrected chi connectivity index (χ0v) is 9.00. The van der Waals surface area contributed by atoms with Crippen molar-refractivity contribution in [1.29, 1.82) is 0 Å². The average Bonchev–Trinajstić information content (AvgIpc) is 1.97. The summed E-state index contributed by atoms with van der Waals surface area (Å²) in [5.74, 6) is 0.144. The predicted molar refractivity (Wildman–Crippen MR) is 55.3 cm³/mol. The summed E-state index contributed by atoms with van der Waals surface area (Å²) < 4.78 is 0. The maximum atomic E-state index is 10.5. The van der Waals surface area contributed by atoms with Crippen LogP contribution < -0.4 is 5.32 Å². The summed E-state index contributed by atoms with van der Waals surface area (Å²) in [6.07, 6.45) is 2.68. The van der Waals surface area contributed by atoms with Crippen molar-refractivity contribution in [2.75, 3.05) is 18.6 Å². The maximum Gasteiger partial charge on any atom is 0.320 e. The molecule has 0 aromatic heterocycles. The van der Waals surface area contributed by atoms with Crippen LogP contribution in [-0.4, -0.2) is 35.7 Å². The molecular formula is C7H16ClNO2S. The van der Waals surface area contributed by atoms with Crippen LogP contribution in [0.3, 0.4) is 0 Å². The van der Waals surface area contributed by atoms with E-state index in [0.717, 1.165) is 5.75 Å². The van der Waals surface area contributed by atoms with Crippen molar-refractivity contribution in [3.63, 3.8) is 0 Å². The number of aliphatic carboxylic acids is 1. The van der Waals surface area contributed by atoms with Crippen LogP contribution in [0.25, 0.3) is 0 Å². The molecule has 0 fully saturated rings. The Balaban J connectivity index is 0. The van der Waals surface area contributed by atoms with Crippen molar-refractivity contribution in [2.24, 2.45) is 0 Å². The molecule has 0 aromatic carbocycles. The number of carboxylic acids is 1. The fourth-order valence-electron chi connectivity index (χ4n) is 0.795. The topological polar surface area (TPSA) is 49.3 Å². The lowest BCUT2D eigenvalue weighted by molar-refractivity contribution is -0.139. The van der Waals surface area contributed by atoms with Crippen molar-refractivity contribution in [3.8, 4) is 0 Å². The van der Waals surface area contributed by atoms with Crippen LogP contribution in [0.15, 0.2) is 0 Å². The number of hydrogen-bond acceptors (Lipinski definition) is 3. The van der Waals surface area contributed by atoms with Gasteiger partial charge in [0.2, 0.25) is 0 Å². The molecule has 3 nitrogen and oxygen atoms in total. The molecule has 2 N–H and O–H groups in total. The second kappa shape index (κ2) is 9.16. The van der Waals surface area contributed by atoms with E-state index in [-0.39, 0.29) is 18.4 Å². The lowest BCUT2D eigenvalue weighted by atomic mass is 10.2. The third kappa shape index (κ3) is 6.76. The molecule has 0 aliphatic heterocycles. The van der Waals surface area contributed by atoms with Gasteiger partial charge in [0.1, 0.15) is 6.04 Å². The van der Waals surface area contributed by atoms with E-state index in [9.17, 15) is 4.79 Å². The van der Waals surface area contributed by atoms with Crippen LogP contribution in [0.1, 0.15) is 13.3 Å². The molecule has 0 amide bonds. The van der Waals surface area contributed by atoms with Crippen LogP contribution in [0.2, 0.25) is 0 Å². The Labute approximate surface area is 83.7 Å². The molecular weight excluding hydrogens is 198 g/mol. The highest BCUT2D eigenvalue weighted by atomic mass is 35.5. The van der Waals surface area contributed by atoms with Gasteiger partial charge >= 0.3 is 5.97 Å². The number of thioether (sulfide) groups is 1. The first kappa shape index (κ1) is 14.6. The molecule has 1 atom stereocenters. The van der Waals surface area contributed by atoms with Gasteiger partial charge in [-0.25, -0.2) is 0 Å². The monoisotopic (exact) mass is 213 g/mol. The Kier molecular flexibility index (Phi) is 11.1. The van der Waals surface area contributed by atoms with Crippen LogP contribution in [0.5, 0.6) is 0 Å². The molecule has 12 heavy (non-hydrogen) atoms. The Morgan fingerprint density at radius 1 is 1.67 bits per heavy atom. The minimum absolute atomic E-state index is 0. The molecule has 0 heterocycles. The zero-order valence-electron chi connectivity index (χ0n) is 7.37. The Morgan fingerprint density at radius 3 is 2.58 bits per heavy atom. The van der Waals surface area contributed by atoms with E-state index in [0.29, 0.717) is 13.0 Å². The summed E-state index contributed by atoms with van der Waals surface area (Å²) in [6, 6.07) is -0.368. The molecule has 0 rings (SSSR count). The number of carbonyl (C=O) groups is 1. The standard InChI is InChI=1S/C7H15NO2S.ClH/c1-3-8-6(7(9)10)4-5-11-2;/h6,8H,3-5H2,1-2H3,(H,9,10);1H/t6-;/m0./s1. The molecule has 0 radical (unpaired) electrons. The summed E-state index contributed by atoms with van der Waals surface area (Å²) >= 11 is 1.67. The van der Waals surface area contributed by atoms with Gasteiger partial charge in [0, 0.05) is 0 Å². The lowest BCUT2D eigenvalue weighted by Crippen LogP contribution is -2.36. The summed E-state index contributed by atoms with van der Waals surface area (Å²) in [5.41, 5.74) is 0. The molecule has 0 saturated heterocycles. The molecule has 0 bridgehead atoms. The van der Waals surface area contributed by atoms with E-state index in [1.54, 1.807) is 11.8 Å². The van der Waals surface area contributed by atoms with Gasteiger partial charge in [-0.05, 0) is 25.0 Å². The number of rotatable bonds is 6. The molecule has 0 aliphatic carbocycles. The number of hydrogen-bond donors (Lipinski definition) is 2. The Hall–Kier alpha value is 0.0700. The van der Waals surface area contributed by atoms with Gasteiger partial charge in [-0.3, -0.25) is 4.79 Å². The molecule has 0 unspecified atom stereocenters. The van der Waals surface area contributed by atoms with Crippen molar-refractivity contribution in [2.45, 2.75) is 19.4 Å². The summed E-state index contributed by atoms with van der Waals surface area (Å²) in [4.78, 5) is 10.5. The van der Waals surface area contributed by atoms with Gasteiger partial charge in [-0.1, -0.05) is 6.92 Å². The number of carboxylic acid groups (broad SMARTS) is 1. The van der Waals surface area contributed by atoms with E-state index in [4.69, 9.17) is 5.11 Å². The van der Waals surface area contributed by atoms with E-state index in [1.165, 1.54) is 0 Å². The summed E-state index contributed by atoms with van der Waals surface area (Å²) in [6.45, 7) is 2.63. The number of likely N-dealkylation sites (N-methyl/N-ethyl adjacent to an activating group) is 1. The molecule has 0 aromatic rings. The first-order valence-corrected chi connectivity index (χ1v) is 5.06. The lowest BCUT2D eigenvalue weighted by Gasteiger charge is -2.11. The quantitative estimate of drug-likeness (QED) is 0.697. The van der Waals surface area contributed by atoms with Crippen LogP contribution in [-0.2, 0) is 4.79 Å². The third-order valence-corrected chi connectivity index (χ3v) is 2.00. The van der Waals surface area contributed by atoms with E-state index in [2.05, 4.69) is 5.32 Å². The number of nitrogens with one attached hydrogen (secondary N) is 1. The van der Waals surface area contributed by atoms with Crippen molar-refractivity contribution >= 4 is 30.1 Å². The summed E-state index contributed by atoms with van der Waals surface area (Å²) in [5, 5.41) is 11.6. The molecule has 0 aliphatic rings. The van der Waals surface area contributed by atoms with E-state index in [1.807, 2.05) is 13.2 Å². The normalized spacial score (nSPS) is 11.8. The minimum atomic E-state index is -0.749. The van der Waals surface area contributed by atoms with Gasteiger partial charge in [0.25, 0.3) is 0 Å². The molecule has 74 valence electrons. The molecule has 0 spiro atoms. The highest BCUT2D eigenvalue weighted by Crippen LogP contribution is 2.00. The van der Waals surface area contributed by atoms with E-state index >= 15 is 0 Å².